The van der Waals surface area contributed by atoms with Crippen LogP contribution in [-0.4, -0.2) is 48.8 Å². The number of aromatic nitrogens is 1. The van der Waals surface area contributed by atoms with Gasteiger partial charge in [0, 0.05) is 42.1 Å². The van der Waals surface area contributed by atoms with Crippen LogP contribution in [0, 0.1) is 0 Å². The summed E-state index contributed by atoms with van der Waals surface area (Å²) in [5, 5.41) is 3.80. The van der Waals surface area contributed by atoms with Gasteiger partial charge in [0.25, 0.3) is 0 Å². The number of nitrogens with zero attached hydrogens (tertiary/aromatic N) is 3. The number of benzene rings is 2. The predicted molar refractivity (Wildman–Crippen MR) is 127 cm³/mol. The van der Waals surface area contributed by atoms with Crippen LogP contribution in [0.5, 0.6) is 0 Å². The van der Waals surface area contributed by atoms with Crippen LogP contribution >= 0.6 is 22.9 Å². The second-order valence-electron chi connectivity index (χ2n) is 7.71. The number of piperazine rings is 1. The maximum Gasteiger partial charge on any atom is 0.243 e. The van der Waals surface area contributed by atoms with Crippen LogP contribution in [0.3, 0.4) is 0 Å². The molecule has 0 atom stereocenters. The van der Waals surface area contributed by atoms with E-state index >= 15 is 0 Å². The highest BCUT2D eigenvalue weighted by Gasteiger charge is 2.28. The summed E-state index contributed by atoms with van der Waals surface area (Å²) in [4.78, 5) is 7.39. The minimum atomic E-state index is -3.44. The molecular formula is C23H26ClN3O2S2. The fourth-order valence-corrected chi connectivity index (χ4v) is 6.11. The summed E-state index contributed by atoms with van der Waals surface area (Å²) in [7, 11) is -3.44. The first-order chi connectivity index (χ1) is 15.0. The second kappa shape index (κ2) is 9.79. The Morgan fingerprint density at radius 1 is 1.00 bits per heavy atom. The van der Waals surface area contributed by atoms with E-state index < -0.39 is 10.0 Å². The lowest BCUT2D eigenvalue weighted by molar-refractivity contribution is 0.181. The van der Waals surface area contributed by atoms with Crippen molar-refractivity contribution in [2.45, 2.75) is 31.2 Å². The van der Waals surface area contributed by atoms with Gasteiger partial charge in [-0.1, -0.05) is 49.2 Å². The SMILES string of the molecule is CCCc1ccc(S(=O)(=O)N2CCN(Cc3nc(-c4ccc(Cl)cc4)cs3)CC2)cc1. The summed E-state index contributed by atoms with van der Waals surface area (Å²) in [5.41, 5.74) is 3.17. The fraction of sp³-hybridized carbons (Fsp3) is 0.348. The molecule has 0 aliphatic carbocycles. The lowest BCUT2D eigenvalue weighted by atomic mass is 10.1. The molecule has 2 aromatic carbocycles. The first kappa shape index (κ1) is 22.4. The topological polar surface area (TPSA) is 53.5 Å². The van der Waals surface area contributed by atoms with E-state index in [-0.39, 0.29) is 0 Å². The van der Waals surface area contributed by atoms with Gasteiger partial charge >= 0.3 is 0 Å². The summed E-state index contributed by atoms with van der Waals surface area (Å²) in [6, 6.07) is 15.0. The molecule has 0 amide bonds. The fourth-order valence-electron chi connectivity index (χ4n) is 3.72. The molecule has 1 fully saturated rings. The zero-order valence-electron chi connectivity index (χ0n) is 17.5. The van der Waals surface area contributed by atoms with E-state index in [2.05, 4.69) is 17.2 Å². The standard InChI is InChI=1S/C23H26ClN3O2S2/c1-2-3-18-4-10-21(11-5-18)31(28,29)27-14-12-26(13-15-27)16-23-25-22(17-30-23)19-6-8-20(24)9-7-19/h4-11,17H,2-3,12-16H2,1H3. The Labute approximate surface area is 193 Å². The Morgan fingerprint density at radius 3 is 2.32 bits per heavy atom. The van der Waals surface area contributed by atoms with Gasteiger partial charge in [-0.3, -0.25) is 4.90 Å². The number of rotatable bonds is 7. The van der Waals surface area contributed by atoms with Crippen LogP contribution in [0.1, 0.15) is 23.9 Å². The number of aryl methyl sites for hydroxylation is 1. The molecule has 2 heterocycles. The van der Waals surface area contributed by atoms with E-state index in [0.717, 1.165) is 35.7 Å². The van der Waals surface area contributed by atoms with Crippen molar-refractivity contribution in [1.29, 1.82) is 0 Å². The van der Waals surface area contributed by atoms with Gasteiger partial charge in [-0.2, -0.15) is 4.31 Å². The van der Waals surface area contributed by atoms with E-state index in [1.54, 1.807) is 27.8 Å². The van der Waals surface area contributed by atoms with Crippen LogP contribution in [0.4, 0.5) is 0 Å². The van der Waals surface area contributed by atoms with E-state index in [0.29, 0.717) is 36.1 Å². The first-order valence-corrected chi connectivity index (χ1v) is 13.2. The maximum absolute atomic E-state index is 13.0. The Bertz CT molecular complexity index is 1100. The molecule has 3 aromatic rings. The van der Waals surface area contributed by atoms with E-state index in [4.69, 9.17) is 16.6 Å². The van der Waals surface area contributed by atoms with E-state index in [1.165, 1.54) is 5.56 Å². The largest absolute Gasteiger partial charge is 0.294 e. The minimum Gasteiger partial charge on any atom is -0.294 e. The third kappa shape index (κ3) is 5.35. The molecule has 1 aromatic heterocycles. The highest BCUT2D eigenvalue weighted by molar-refractivity contribution is 7.89. The average Bonchev–Trinajstić information content (AvgIpc) is 3.24. The van der Waals surface area contributed by atoms with Gasteiger partial charge in [-0.15, -0.1) is 11.3 Å². The third-order valence-electron chi connectivity index (χ3n) is 5.48. The molecule has 0 spiro atoms. The molecule has 0 bridgehead atoms. The van der Waals surface area contributed by atoms with Crippen molar-refractivity contribution in [3.63, 3.8) is 0 Å². The van der Waals surface area contributed by atoms with Crippen molar-refractivity contribution in [3.05, 3.63) is 69.5 Å². The number of hydrogen-bond acceptors (Lipinski definition) is 5. The Hall–Kier alpha value is -1.77. The summed E-state index contributed by atoms with van der Waals surface area (Å²) in [5.74, 6) is 0. The molecule has 0 radical (unpaired) electrons. The summed E-state index contributed by atoms with van der Waals surface area (Å²) >= 11 is 7.60. The lowest BCUT2D eigenvalue weighted by Crippen LogP contribution is -2.48. The molecule has 0 unspecified atom stereocenters. The highest BCUT2D eigenvalue weighted by atomic mass is 35.5. The molecule has 31 heavy (non-hydrogen) atoms. The zero-order valence-corrected chi connectivity index (χ0v) is 19.9. The Balaban J connectivity index is 1.35. The highest BCUT2D eigenvalue weighted by Crippen LogP contribution is 2.25. The minimum absolute atomic E-state index is 0.383. The van der Waals surface area contributed by atoms with Crippen molar-refractivity contribution in [3.8, 4) is 11.3 Å². The lowest BCUT2D eigenvalue weighted by Gasteiger charge is -2.33. The first-order valence-electron chi connectivity index (χ1n) is 10.5. The third-order valence-corrected chi connectivity index (χ3v) is 8.48. The van der Waals surface area contributed by atoms with Gasteiger partial charge in [-0.05, 0) is 36.2 Å². The summed E-state index contributed by atoms with van der Waals surface area (Å²) in [6.07, 6.45) is 2.02. The summed E-state index contributed by atoms with van der Waals surface area (Å²) in [6.45, 7) is 5.24. The van der Waals surface area contributed by atoms with Gasteiger partial charge in [0.1, 0.15) is 5.01 Å². The van der Waals surface area contributed by atoms with Crippen LogP contribution in [0.2, 0.25) is 5.02 Å². The molecule has 1 aliphatic rings. The van der Waals surface area contributed by atoms with E-state index in [1.807, 2.05) is 36.4 Å². The summed E-state index contributed by atoms with van der Waals surface area (Å²) < 4.78 is 27.6. The molecule has 4 rings (SSSR count). The predicted octanol–water partition coefficient (Wildman–Crippen LogP) is 4.92. The number of halogens is 1. The monoisotopic (exact) mass is 475 g/mol. The number of sulfonamides is 1. The molecule has 164 valence electrons. The van der Waals surface area contributed by atoms with Crippen LogP contribution < -0.4 is 0 Å². The van der Waals surface area contributed by atoms with Crippen LogP contribution in [-0.2, 0) is 23.0 Å². The van der Waals surface area contributed by atoms with Crippen molar-refractivity contribution in [2.75, 3.05) is 26.2 Å². The Morgan fingerprint density at radius 2 is 1.68 bits per heavy atom. The van der Waals surface area contributed by atoms with Crippen molar-refractivity contribution in [1.82, 2.24) is 14.2 Å². The van der Waals surface area contributed by atoms with Gasteiger partial charge in [0.05, 0.1) is 17.1 Å². The molecule has 0 saturated carbocycles. The second-order valence-corrected chi connectivity index (χ2v) is 11.0. The van der Waals surface area contributed by atoms with Crippen molar-refractivity contribution >= 4 is 33.0 Å². The van der Waals surface area contributed by atoms with Crippen molar-refractivity contribution < 1.29 is 8.42 Å². The normalized spacial score (nSPS) is 15.9. The smallest absolute Gasteiger partial charge is 0.243 e. The molecule has 5 nitrogen and oxygen atoms in total. The Kier molecular flexibility index (Phi) is 7.08. The quantitative estimate of drug-likeness (QED) is 0.486. The zero-order chi connectivity index (χ0) is 21.8. The maximum atomic E-state index is 13.0. The molecule has 8 heteroatoms. The van der Waals surface area contributed by atoms with Crippen LogP contribution in [0.15, 0.2) is 58.8 Å². The average molecular weight is 476 g/mol. The van der Waals surface area contributed by atoms with Gasteiger partial charge in [-0.25, -0.2) is 13.4 Å². The molecule has 0 N–H and O–H groups in total. The van der Waals surface area contributed by atoms with Gasteiger partial charge in [0.2, 0.25) is 10.0 Å². The number of thiazole rings is 1. The van der Waals surface area contributed by atoms with Gasteiger partial charge < -0.3 is 0 Å². The molecule has 1 aliphatic heterocycles. The molecular weight excluding hydrogens is 450 g/mol. The van der Waals surface area contributed by atoms with Crippen LogP contribution in [0.25, 0.3) is 11.3 Å². The number of hydrogen-bond donors (Lipinski definition) is 0. The van der Waals surface area contributed by atoms with Gasteiger partial charge in [0.15, 0.2) is 0 Å². The van der Waals surface area contributed by atoms with Crippen molar-refractivity contribution in [2.24, 2.45) is 0 Å². The molecule has 1 saturated heterocycles. The van der Waals surface area contributed by atoms with E-state index in [9.17, 15) is 8.42 Å².